The SMILES string of the molecule is O=C(c1ccc(Br)c(F)c1)N1CCc2ccccc21. The summed E-state index contributed by atoms with van der Waals surface area (Å²) in [4.78, 5) is 14.1. The van der Waals surface area contributed by atoms with E-state index in [9.17, 15) is 9.18 Å². The van der Waals surface area contributed by atoms with Gasteiger partial charge in [-0.3, -0.25) is 4.79 Å². The zero-order chi connectivity index (χ0) is 13.4. The lowest BCUT2D eigenvalue weighted by Gasteiger charge is -2.17. The van der Waals surface area contributed by atoms with Gasteiger partial charge in [-0.1, -0.05) is 18.2 Å². The van der Waals surface area contributed by atoms with Crippen LogP contribution in [-0.2, 0) is 6.42 Å². The molecule has 0 spiro atoms. The Morgan fingerprint density at radius 2 is 2.00 bits per heavy atom. The van der Waals surface area contributed by atoms with E-state index >= 15 is 0 Å². The van der Waals surface area contributed by atoms with E-state index in [1.807, 2.05) is 24.3 Å². The van der Waals surface area contributed by atoms with E-state index in [1.165, 1.54) is 6.07 Å². The van der Waals surface area contributed by atoms with Crippen molar-refractivity contribution in [2.75, 3.05) is 11.4 Å². The Balaban J connectivity index is 1.95. The molecule has 3 rings (SSSR count). The average Bonchev–Trinajstić information content (AvgIpc) is 2.85. The van der Waals surface area contributed by atoms with Crippen LogP contribution in [0.2, 0.25) is 0 Å². The van der Waals surface area contributed by atoms with Gasteiger partial charge in [0.15, 0.2) is 0 Å². The molecule has 1 aliphatic rings. The van der Waals surface area contributed by atoms with Crippen LogP contribution in [0.5, 0.6) is 0 Å². The van der Waals surface area contributed by atoms with Crippen LogP contribution >= 0.6 is 15.9 Å². The number of carbonyl (C=O) groups is 1. The molecule has 96 valence electrons. The Morgan fingerprint density at radius 3 is 2.79 bits per heavy atom. The summed E-state index contributed by atoms with van der Waals surface area (Å²) >= 11 is 3.09. The normalized spacial score (nSPS) is 13.5. The van der Waals surface area contributed by atoms with Crippen LogP contribution in [-0.4, -0.2) is 12.5 Å². The molecule has 0 fully saturated rings. The van der Waals surface area contributed by atoms with E-state index < -0.39 is 5.82 Å². The van der Waals surface area contributed by atoms with E-state index in [1.54, 1.807) is 17.0 Å². The number of fused-ring (bicyclic) bond motifs is 1. The van der Waals surface area contributed by atoms with Gasteiger partial charge in [0.25, 0.3) is 5.91 Å². The number of halogens is 2. The maximum atomic E-state index is 13.5. The maximum Gasteiger partial charge on any atom is 0.258 e. The minimum atomic E-state index is -0.418. The van der Waals surface area contributed by atoms with Gasteiger partial charge in [0.1, 0.15) is 5.82 Å². The van der Waals surface area contributed by atoms with Crippen molar-refractivity contribution in [2.45, 2.75) is 6.42 Å². The smallest absolute Gasteiger partial charge is 0.258 e. The van der Waals surface area contributed by atoms with Crippen LogP contribution in [0.4, 0.5) is 10.1 Å². The molecule has 0 N–H and O–H groups in total. The molecule has 0 unspecified atom stereocenters. The number of rotatable bonds is 1. The van der Waals surface area contributed by atoms with E-state index in [4.69, 9.17) is 0 Å². The van der Waals surface area contributed by atoms with E-state index in [2.05, 4.69) is 15.9 Å². The third kappa shape index (κ3) is 2.16. The Kier molecular flexibility index (Phi) is 3.11. The van der Waals surface area contributed by atoms with Crippen molar-refractivity contribution in [1.82, 2.24) is 0 Å². The first kappa shape index (κ1) is 12.4. The minimum absolute atomic E-state index is 0.156. The molecule has 0 atom stereocenters. The molecular formula is C15H11BrFNO. The molecule has 0 saturated carbocycles. The van der Waals surface area contributed by atoms with Crippen LogP contribution in [0.1, 0.15) is 15.9 Å². The lowest BCUT2D eigenvalue weighted by atomic mass is 10.1. The van der Waals surface area contributed by atoms with Crippen LogP contribution in [0.25, 0.3) is 0 Å². The number of benzene rings is 2. The summed E-state index contributed by atoms with van der Waals surface area (Å²) in [5, 5.41) is 0. The fourth-order valence-electron chi connectivity index (χ4n) is 2.33. The van der Waals surface area contributed by atoms with Gasteiger partial charge >= 0.3 is 0 Å². The van der Waals surface area contributed by atoms with Gasteiger partial charge in [-0.25, -0.2) is 4.39 Å². The van der Waals surface area contributed by atoms with Gasteiger partial charge in [-0.2, -0.15) is 0 Å². The fraction of sp³-hybridized carbons (Fsp3) is 0.133. The highest BCUT2D eigenvalue weighted by molar-refractivity contribution is 9.10. The summed E-state index contributed by atoms with van der Waals surface area (Å²) in [5.74, 6) is -0.574. The second-order valence-electron chi connectivity index (χ2n) is 4.46. The number of hydrogen-bond donors (Lipinski definition) is 0. The van der Waals surface area contributed by atoms with Crippen molar-refractivity contribution in [1.29, 1.82) is 0 Å². The number of nitrogens with zero attached hydrogens (tertiary/aromatic N) is 1. The van der Waals surface area contributed by atoms with Crippen LogP contribution in [0.3, 0.4) is 0 Å². The van der Waals surface area contributed by atoms with Crippen LogP contribution in [0.15, 0.2) is 46.9 Å². The van der Waals surface area contributed by atoms with Crippen molar-refractivity contribution in [3.05, 3.63) is 63.9 Å². The summed E-state index contributed by atoms with van der Waals surface area (Å²) in [6.45, 7) is 0.649. The Morgan fingerprint density at radius 1 is 1.21 bits per heavy atom. The fourth-order valence-corrected chi connectivity index (χ4v) is 2.58. The third-order valence-electron chi connectivity index (χ3n) is 3.30. The molecule has 19 heavy (non-hydrogen) atoms. The van der Waals surface area contributed by atoms with E-state index in [-0.39, 0.29) is 5.91 Å². The lowest BCUT2D eigenvalue weighted by Crippen LogP contribution is -2.28. The summed E-state index contributed by atoms with van der Waals surface area (Å²) in [5.41, 5.74) is 2.46. The highest BCUT2D eigenvalue weighted by atomic mass is 79.9. The van der Waals surface area contributed by atoms with Gasteiger partial charge < -0.3 is 4.90 Å². The van der Waals surface area contributed by atoms with Crippen molar-refractivity contribution >= 4 is 27.5 Å². The van der Waals surface area contributed by atoms with Gasteiger partial charge in [0.05, 0.1) is 4.47 Å². The van der Waals surface area contributed by atoms with Crippen molar-refractivity contribution < 1.29 is 9.18 Å². The molecule has 1 heterocycles. The Hall–Kier alpha value is -1.68. The molecular weight excluding hydrogens is 309 g/mol. The molecule has 2 nitrogen and oxygen atoms in total. The number of carbonyl (C=O) groups excluding carboxylic acids is 1. The Labute approximate surface area is 119 Å². The molecule has 0 bridgehead atoms. The summed E-state index contributed by atoms with van der Waals surface area (Å²) < 4.78 is 13.9. The van der Waals surface area contributed by atoms with Gasteiger partial charge in [0.2, 0.25) is 0 Å². The molecule has 0 aliphatic carbocycles. The van der Waals surface area contributed by atoms with Gasteiger partial charge in [-0.05, 0) is 52.2 Å². The summed E-state index contributed by atoms with van der Waals surface area (Å²) in [7, 11) is 0. The molecule has 4 heteroatoms. The second-order valence-corrected chi connectivity index (χ2v) is 5.32. The van der Waals surface area contributed by atoms with Crippen molar-refractivity contribution in [3.63, 3.8) is 0 Å². The number of amides is 1. The first-order chi connectivity index (χ1) is 9.16. The summed E-state index contributed by atoms with van der Waals surface area (Å²) in [6, 6.07) is 12.3. The molecule has 0 saturated heterocycles. The van der Waals surface area contributed by atoms with Crippen molar-refractivity contribution in [3.8, 4) is 0 Å². The average molecular weight is 320 g/mol. The monoisotopic (exact) mass is 319 g/mol. The third-order valence-corrected chi connectivity index (χ3v) is 3.94. The number of hydrogen-bond acceptors (Lipinski definition) is 1. The number of anilines is 1. The molecule has 2 aromatic rings. The Bertz CT molecular complexity index is 656. The predicted octanol–water partition coefficient (Wildman–Crippen LogP) is 3.79. The van der Waals surface area contributed by atoms with E-state index in [0.29, 0.717) is 16.6 Å². The first-order valence-electron chi connectivity index (χ1n) is 6.01. The maximum absolute atomic E-state index is 13.5. The van der Waals surface area contributed by atoms with Gasteiger partial charge in [0, 0.05) is 17.8 Å². The zero-order valence-electron chi connectivity index (χ0n) is 10.1. The quantitative estimate of drug-likeness (QED) is 0.783. The first-order valence-corrected chi connectivity index (χ1v) is 6.81. The molecule has 0 radical (unpaired) electrons. The van der Waals surface area contributed by atoms with Crippen LogP contribution < -0.4 is 4.90 Å². The summed E-state index contributed by atoms with van der Waals surface area (Å²) in [6.07, 6.45) is 0.848. The predicted molar refractivity (Wildman–Crippen MR) is 75.9 cm³/mol. The standard InChI is InChI=1S/C15H11BrFNO/c16-12-6-5-11(9-13(12)17)15(19)18-8-7-10-3-1-2-4-14(10)18/h1-6,9H,7-8H2. The molecule has 1 amide bonds. The molecule has 2 aromatic carbocycles. The second kappa shape index (κ2) is 4.78. The van der Waals surface area contributed by atoms with Gasteiger partial charge in [-0.15, -0.1) is 0 Å². The lowest BCUT2D eigenvalue weighted by molar-refractivity contribution is 0.0989. The molecule has 1 aliphatic heterocycles. The highest BCUT2D eigenvalue weighted by Crippen LogP contribution is 2.29. The number of para-hydroxylation sites is 1. The largest absolute Gasteiger partial charge is 0.308 e. The van der Waals surface area contributed by atoms with Crippen molar-refractivity contribution in [2.24, 2.45) is 0 Å². The van der Waals surface area contributed by atoms with Crippen LogP contribution in [0, 0.1) is 5.82 Å². The van der Waals surface area contributed by atoms with E-state index in [0.717, 1.165) is 17.7 Å². The highest BCUT2D eigenvalue weighted by Gasteiger charge is 2.25. The topological polar surface area (TPSA) is 20.3 Å². The molecule has 0 aromatic heterocycles. The zero-order valence-corrected chi connectivity index (χ0v) is 11.7. The minimum Gasteiger partial charge on any atom is -0.308 e.